The van der Waals surface area contributed by atoms with Crippen LogP contribution in [0.3, 0.4) is 0 Å². The highest BCUT2D eigenvalue weighted by Gasteiger charge is 2.22. The highest BCUT2D eigenvalue weighted by Crippen LogP contribution is 2.27. The van der Waals surface area contributed by atoms with Gasteiger partial charge >= 0.3 is 6.03 Å². The van der Waals surface area contributed by atoms with Crippen LogP contribution in [0.15, 0.2) is 36.4 Å². The molecule has 3 rings (SSSR count). The van der Waals surface area contributed by atoms with Crippen molar-refractivity contribution >= 4 is 23.3 Å². The molecule has 1 heterocycles. The zero-order chi connectivity index (χ0) is 19.4. The number of nitrogens with zero attached hydrogens (tertiary/aromatic N) is 2. The van der Waals surface area contributed by atoms with Gasteiger partial charge in [0.25, 0.3) is 0 Å². The molecule has 0 aromatic heterocycles. The van der Waals surface area contributed by atoms with Crippen LogP contribution in [0, 0.1) is 19.7 Å². The van der Waals surface area contributed by atoms with Crippen LogP contribution < -0.4 is 5.32 Å². The van der Waals surface area contributed by atoms with Gasteiger partial charge in [-0.1, -0.05) is 29.8 Å². The largest absolute Gasteiger partial charge is 0.322 e. The summed E-state index contributed by atoms with van der Waals surface area (Å²) in [5, 5.41) is 3.52. The van der Waals surface area contributed by atoms with Crippen molar-refractivity contribution in [1.29, 1.82) is 0 Å². The maximum Gasteiger partial charge on any atom is 0.321 e. The van der Waals surface area contributed by atoms with E-state index in [-0.39, 0.29) is 11.8 Å². The summed E-state index contributed by atoms with van der Waals surface area (Å²) in [6.45, 7) is 7.85. The van der Waals surface area contributed by atoms with Gasteiger partial charge in [-0.2, -0.15) is 0 Å². The lowest BCUT2D eigenvalue weighted by molar-refractivity contribution is 0.148. The SMILES string of the molecule is Cc1cc(C)c(NC(=O)N2CCN(CCc3ccc(F)cc3)CC2)c(Cl)c1. The smallest absolute Gasteiger partial charge is 0.321 e. The second kappa shape index (κ2) is 8.72. The van der Waals surface area contributed by atoms with Crippen LogP contribution in [0.2, 0.25) is 5.02 Å². The molecule has 2 aromatic rings. The van der Waals surface area contributed by atoms with Crippen LogP contribution in [-0.2, 0) is 6.42 Å². The molecule has 1 N–H and O–H groups in total. The molecule has 0 saturated carbocycles. The zero-order valence-corrected chi connectivity index (χ0v) is 16.5. The van der Waals surface area contributed by atoms with Crippen molar-refractivity contribution in [2.75, 3.05) is 38.0 Å². The van der Waals surface area contributed by atoms with Gasteiger partial charge in [0.15, 0.2) is 0 Å². The number of carbonyl (C=O) groups excluding carboxylic acids is 1. The quantitative estimate of drug-likeness (QED) is 0.836. The van der Waals surface area contributed by atoms with Crippen LogP contribution in [0.25, 0.3) is 0 Å². The number of carbonyl (C=O) groups is 1. The molecule has 0 radical (unpaired) electrons. The third-order valence-corrected chi connectivity index (χ3v) is 5.25. The molecule has 27 heavy (non-hydrogen) atoms. The first-order valence-corrected chi connectivity index (χ1v) is 9.59. The number of aryl methyl sites for hydroxylation is 2. The maximum atomic E-state index is 13.0. The van der Waals surface area contributed by atoms with E-state index < -0.39 is 0 Å². The normalized spacial score (nSPS) is 15.0. The van der Waals surface area contributed by atoms with E-state index in [1.807, 2.05) is 43.0 Å². The lowest BCUT2D eigenvalue weighted by atomic mass is 10.1. The molecule has 1 aliphatic rings. The van der Waals surface area contributed by atoms with Crippen molar-refractivity contribution in [3.8, 4) is 0 Å². The molecular formula is C21H25ClFN3O. The maximum absolute atomic E-state index is 13.0. The third kappa shape index (κ3) is 5.21. The number of rotatable bonds is 4. The fourth-order valence-electron chi connectivity index (χ4n) is 3.37. The Bertz CT molecular complexity index is 779. The average molecular weight is 390 g/mol. The Morgan fingerprint density at radius 3 is 2.41 bits per heavy atom. The summed E-state index contributed by atoms with van der Waals surface area (Å²) in [6, 6.07) is 10.4. The molecule has 1 saturated heterocycles. The summed E-state index contributed by atoms with van der Waals surface area (Å²) < 4.78 is 13.0. The van der Waals surface area contributed by atoms with E-state index in [9.17, 15) is 9.18 Å². The van der Waals surface area contributed by atoms with Gasteiger partial charge < -0.3 is 10.2 Å². The Hall–Kier alpha value is -2.11. The minimum atomic E-state index is -0.206. The number of halogens is 2. The van der Waals surface area contributed by atoms with E-state index in [0.29, 0.717) is 23.8 Å². The number of hydrogen-bond donors (Lipinski definition) is 1. The third-order valence-electron chi connectivity index (χ3n) is 4.95. The Morgan fingerprint density at radius 2 is 1.78 bits per heavy atom. The number of urea groups is 1. The van der Waals surface area contributed by atoms with E-state index in [1.54, 1.807) is 0 Å². The van der Waals surface area contributed by atoms with Gasteiger partial charge in [0.1, 0.15) is 5.82 Å². The summed E-state index contributed by atoms with van der Waals surface area (Å²) >= 11 is 6.29. The molecule has 0 aliphatic carbocycles. The van der Waals surface area contributed by atoms with Gasteiger partial charge in [0.05, 0.1) is 10.7 Å². The molecule has 0 spiro atoms. The Morgan fingerprint density at radius 1 is 1.11 bits per heavy atom. The lowest BCUT2D eigenvalue weighted by Gasteiger charge is -2.34. The van der Waals surface area contributed by atoms with Crippen LogP contribution in [0.1, 0.15) is 16.7 Å². The summed E-state index contributed by atoms with van der Waals surface area (Å²) in [6.07, 6.45) is 0.880. The van der Waals surface area contributed by atoms with Gasteiger partial charge in [-0.15, -0.1) is 0 Å². The van der Waals surface area contributed by atoms with E-state index >= 15 is 0 Å². The highest BCUT2D eigenvalue weighted by atomic mass is 35.5. The second-order valence-electron chi connectivity index (χ2n) is 7.07. The summed E-state index contributed by atoms with van der Waals surface area (Å²) in [4.78, 5) is 16.7. The van der Waals surface area contributed by atoms with Gasteiger partial charge in [0, 0.05) is 32.7 Å². The Balaban J connectivity index is 1.48. The average Bonchev–Trinajstić information content (AvgIpc) is 2.64. The molecule has 0 bridgehead atoms. The minimum absolute atomic E-state index is 0.109. The summed E-state index contributed by atoms with van der Waals surface area (Å²) in [5.41, 5.74) is 3.85. The van der Waals surface area contributed by atoms with Crippen molar-refractivity contribution in [2.45, 2.75) is 20.3 Å². The van der Waals surface area contributed by atoms with Crippen molar-refractivity contribution in [3.05, 3.63) is 63.9 Å². The topological polar surface area (TPSA) is 35.6 Å². The van der Waals surface area contributed by atoms with Gasteiger partial charge in [-0.05, 0) is 55.2 Å². The fraction of sp³-hybridized carbons (Fsp3) is 0.381. The number of nitrogens with one attached hydrogen (secondary N) is 1. The molecule has 6 heteroatoms. The minimum Gasteiger partial charge on any atom is -0.322 e. The van der Waals surface area contributed by atoms with Crippen molar-refractivity contribution < 1.29 is 9.18 Å². The molecule has 1 aliphatic heterocycles. The van der Waals surface area contributed by atoms with Crippen LogP contribution >= 0.6 is 11.6 Å². The Labute approximate surface area is 164 Å². The first-order valence-electron chi connectivity index (χ1n) is 9.22. The number of benzene rings is 2. The number of amides is 2. The van der Waals surface area contributed by atoms with Crippen LogP contribution in [0.4, 0.5) is 14.9 Å². The number of anilines is 1. The van der Waals surface area contributed by atoms with Crippen molar-refractivity contribution in [2.24, 2.45) is 0 Å². The summed E-state index contributed by atoms with van der Waals surface area (Å²) in [5.74, 6) is -0.206. The first kappa shape index (κ1) is 19.6. The molecule has 144 valence electrons. The monoisotopic (exact) mass is 389 g/mol. The molecular weight excluding hydrogens is 365 g/mol. The highest BCUT2D eigenvalue weighted by molar-refractivity contribution is 6.34. The predicted molar refractivity (Wildman–Crippen MR) is 108 cm³/mol. The molecule has 2 amide bonds. The number of piperazine rings is 1. The predicted octanol–water partition coefficient (Wildman–Crippen LogP) is 4.49. The van der Waals surface area contributed by atoms with E-state index in [0.717, 1.165) is 42.7 Å². The standard InChI is InChI=1S/C21H25ClFN3O/c1-15-13-16(2)20(19(22)14-15)24-21(27)26-11-9-25(10-12-26)8-7-17-3-5-18(23)6-4-17/h3-6,13-14H,7-12H2,1-2H3,(H,24,27). The van der Waals surface area contributed by atoms with E-state index in [2.05, 4.69) is 10.2 Å². The molecule has 0 atom stereocenters. The molecule has 2 aromatic carbocycles. The van der Waals surface area contributed by atoms with E-state index in [1.165, 1.54) is 12.1 Å². The first-order chi connectivity index (χ1) is 12.9. The van der Waals surface area contributed by atoms with Gasteiger partial charge in [-0.25, -0.2) is 9.18 Å². The van der Waals surface area contributed by atoms with Crippen molar-refractivity contribution in [1.82, 2.24) is 9.80 Å². The second-order valence-corrected chi connectivity index (χ2v) is 7.48. The van der Waals surface area contributed by atoms with Gasteiger partial charge in [-0.3, -0.25) is 4.90 Å². The van der Waals surface area contributed by atoms with Crippen molar-refractivity contribution in [3.63, 3.8) is 0 Å². The molecule has 0 unspecified atom stereocenters. The number of hydrogen-bond acceptors (Lipinski definition) is 2. The van der Waals surface area contributed by atoms with Crippen LogP contribution in [-0.4, -0.2) is 48.6 Å². The Kier molecular flexibility index (Phi) is 6.34. The fourth-order valence-corrected chi connectivity index (χ4v) is 3.74. The zero-order valence-electron chi connectivity index (χ0n) is 15.8. The molecule has 4 nitrogen and oxygen atoms in total. The van der Waals surface area contributed by atoms with Crippen LogP contribution in [0.5, 0.6) is 0 Å². The lowest BCUT2D eigenvalue weighted by Crippen LogP contribution is -2.50. The summed E-state index contributed by atoms with van der Waals surface area (Å²) in [7, 11) is 0. The molecule has 1 fully saturated rings. The van der Waals surface area contributed by atoms with E-state index in [4.69, 9.17) is 11.6 Å². The van der Waals surface area contributed by atoms with Gasteiger partial charge in [0.2, 0.25) is 0 Å².